The van der Waals surface area contributed by atoms with Gasteiger partial charge in [-0.3, -0.25) is 4.79 Å². The molecule has 0 unspecified atom stereocenters. The molecule has 0 aromatic carbocycles. The van der Waals surface area contributed by atoms with Gasteiger partial charge in [0.05, 0.1) is 0 Å². The number of rotatable bonds is 2. The highest BCUT2D eigenvalue weighted by Crippen LogP contribution is 2.31. The molecule has 16 heavy (non-hydrogen) atoms. The van der Waals surface area contributed by atoms with E-state index in [9.17, 15) is 4.79 Å². The Morgan fingerprint density at radius 2 is 2.25 bits per heavy atom. The molecule has 1 aliphatic carbocycles. The number of nitrogens with zero attached hydrogens (tertiary/aromatic N) is 1. The predicted molar refractivity (Wildman–Crippen MR) is 66.9 cm³/mol. The van der Waals surface area contributed by atoms with E-state index in [1.165, 1.54) is 12.8 Å². The van der Waals surface area contributed by atoms with E-state index < -0.39 is 0 Å². The van der Waals surface area contributed by atoms with Crippen molar-refractivity contribution in [3.8, 4) is 0 Å². The van der Waals surface area contributed by atoms with Gasteiger partial charge in [0.15, 0.2) is 0 Å². The number of hydrogen-bond donors (Lipinski definition) is 1. The Labute approximate surface area is 96.5 Å². The van der Waals surface area contributed by atoms with Crippen molar-refractivity contribution < 1.29 is 0 Å². The third-order valence-corrected chi connectivity index (χ3v) is 3.55. The van der Waals surface area contributed by atoms with Crippen LogP contribution in [0.25, 0.3) is 0 Å². The second-order valence-electron chi connectivity index (χ2n) is 4.81. The third-order valence-electron chi connectivity index (χ3n) is 3.55. The van der Waals surface area contributed by atoms with Crippen molar-refractivity contribution in [2.75, 3.05) is 12.4 Å². The molecule has 1 N–H and O–H groups in total. The monoisotopic (exact) mass is 220 g/mol. The molecule has 0 radical (unpaired) electrons. The first-order chi connectivity index (χ1) is 7.72. The van der Waals surface area contributed by atoms with Gasteiger partial charge in [-0.25, -0.2) is 0 Å². The summed E-state index contributed by atoms with van der Waals surface area (Å²) in [4.78, 5) is 12.1. The molecule has 0 bridgehead atoms. The number of pyridine rings is 1. The van der Waals surface area contributed by atoms with Crippen LogP contribution in [0, 0.1) is 5.92 Å². The average molecular weight is 220 g/mol. The summed E-state index contributed by atoms with van der Waals surface area (Å²) in [7, 11) is 1.80. The van der Waals surface area contributed by atoms with Gasteiger partial charge in [-0.1, -0.05) is 19.8 Å². The van der Waals surface area contributed by atoms with Gasteiger partial charge in [-0.05, 0) is 30.9 Å². The molecule has 1 fully saturated rings. The Morgan fingerprint density at radius 1 is 1.44 bits per heavy atom. The van der Waals surface area contributed by atoms with E-state index in [1.807, 2.05) is 22.9 Å². The molecule has 1 heterocycles. The van der Waals surface area contributed by atoms with E-state index in [1.54, 1.807) is 7.05 Å². The zero-order valence-electron chi connectivity index (χ0n) is 10.1. The summed E-state index contributed by atoms with van der Waals surface area (Å²) in [6.45, 7) is 2.28. The van der Waals surface area contributed by atoms with Crippen molar-refractivity contribution >= 4 is 5.69 Å². The van der Waals surface area contributed by atoms with Crippen LogP contribution in [0.4, 0.5) is 5.69 Å². The molecule has 0 aliphatic heterocycles. The maximum absolute atomic E-state index is 12.1. The van der Waals surface area contributed by atoms with Gasteiger partial charge in [0.25, 0.3) is 5.56 Å². The maximum atomic E-state index is 12.1. The minimum atomic E-state index is 0.115. The van der Waals surface area contributed by atoms with Crippen molar-refractivity contribution in [2.45, 2.75) is 38.6 Å². The number of aromatic nitrogens is 1. The van der Waals surface area contributed by atoms with Crippen molar-refractivity contribution in [1.82, 2.24) is 4.57 Å². The first kappa shape index (κ1) is 11.2. The van der Waals surface area contributed by atoms with E-state index in [0.29, 0.717) is 11.7 Å². The Kier molecular flexibility index (Phi) is 3.32. The van der Waals surface area contributed by atoms with Gasteiger partial charge in [0.2, 0.25) is 0 Å². The summed E-state index contributed by atoms with van der Waals surface area (Å²) < 4.78 is 1.90. The Hall–Kier alpha value is -1.25. The van der Waals surface area contributed by atoms with Crippen molar-refractivity contribution in [2.24, 2.45) is 5.92 Å². The van der Waals surface area contributed by atoms with Gasteiger partial charge in [-0.2, -0.15) is 0 Å². The van der Waals surface area contributed by atoms with E-state index in [2.05, 4.69) is 12.2 Å². The lowest BCUT2D eigenvalue weighted by molar-refractivity contribution is 0.278. The fourth-order valence-electron chi connectivity index (χ4n) is 2.64. The van der Waals surface area contributed by atoms with Gasteiger partial charge in [0.1, 0.15) is 5.69 Å². The highest BCUT2D eigenvalue weighted by molar-refractivity contribution is 5.39. The van der Waals surface area contributed by atoms with Crippen LogP contribution in [0.5, 0.6) is 0 Å². The van der Waals surface area contributed by atoms with Crippen LogP contribution in [-0.4, -0.2) is 11.6 Å². The quantitative estimate of drug-likeness (QED) is 0.831. The normalized spacial score (nSPS) is 25.4. The highest BCUT2D eigenvalue weighted by atomic mass is 16.1. The summed E-state index contributed by atoms with van der Waals surface area (Å²) in [5, 5.41) is 2.95. The van der Waals surface area contributed by atoms with Crippen LogP contribution < -0.4 is 10.9 Å². The van der Waals surface area contributed by atoms with Crippen LogP contribution in [0.3, 0.4) is 0 Å². The van der Waals surface area contributed by atoms with Crippen molar-refractivity contribution in [3.05, 3.63) is 28.7 Å². The first-order valence-electron chi connectivity index (χ1n) is 6.11. The second kappa shape index (κ2) is 4.73. The minimum absolute atomic E-state index is 0.115. The van der Waals surface area contributed by atoms with Gasteiger partial charge in [0, 0.05) is 19.3 Å². The molecule has 3 nitrogen and oxygen atoms in total. The van der Waals surface area contributed by atoms with E-state index in [4.69, 9.17) is 0 Å². The lowest BCUT2D eigenvalue weighted by atomic mass is 9.87. The Balaban J connectivity index is 2.29. The molecule has 0 amide bonds. The molecular formula is C13H20N2O. The smallest absolute Gasteiger partial charge is 0.274 e. The summed E-state index contributed by atoms with van der Waals surface area (Å²) >= 11 is 0. The molecule has 0 spiro atoms. The topological polar surface area (TPSA) is 34.0 Å². The van der Waals surface area contributed by atoms with Crippen molar-refractivity contribution in [3.63, 3.8) is 0 Å². The van der Waals surface area contributed by atoms with Crippen LogP contribution in [0.1, 0.15) is 38.6 Å². The minimum Gasteiger partial charge on any atom is -0.384 e. The fraction of sp³-hybridized carbons (Fsp3) is 0.615. The van der Waals surface area contributed by atoms with Crippen LogP contribution in [0.15, 0.2) is 23.1 Å². The molecule has 2 rings (SSSR count). The molecule has 3 heteroatoms. The van der Waals surface area contributed by atoms with Crippen LogP contribution >= 0.6 is 0 Å². The first-order valence-corrected chi connectivity index (χ1v) is 6.11. The van der Waals surface area contributed by atoms with Crippen LogP contribution in [0.2, 0.25) is 0 Å². The third kappa shape index (κ3) is 2.13. The van der Waals surface area contributed by atoms with E-state index in [-0.39, 0.29) is 5.56 Å². The molecule has 1 aromatic rings. The molecule has 88 valence electrons. The number of nitrogens with one attached hydrogen (secondary N) is 1. The molecule has 2 atom stereocenters. The summed E-state index contributed by atoms with van der Waals surface area (Å²) in [5.74, 6) is 0.740. The van der Waals surface area contributed by atoms with E-state index >= 15 is 0 Å². The number of anilines is 1. The summed E-state index contributed by atoms with van der Waals surface area (Å²) in [5.41, 5.74) is 0.810. The maximum Gasteiger partial charge on any atom is 0.274 e. The van der Waals surface area contributed by atoms with Crippen LogP contribution in [-0.2, 0) is 0 Å². The number of hydrogen-bond acceptors (Lipinski definition) is 2. The fourth-order valence-corrected chi connectivity index (χ4v) is 2.64. The van der Waals surface area contributed by atoms with Crippen molar-refractivity contribution in [1.29, 1.82) is 0 Å². The lowest BCUT2D eigenvalue weighted by Gasteiger charge is -2.28. The molecular weight excluding hydrogens is 200 g/mol. The largest absolute Gasteiger partial charge is 0.384 e. The van der Waals surface area contributed by atoms with E-state index in [0.717, 1.165) is 18.8 Å². The Bertz CT molecular complexity index is 411. The zero-order valence-corrected chi connectivity index (χ0v) is 10.1. The molecule has 1 aromatic heterocycles. The SMILES string of the molecule is CNc1cccn([C@@H]2CCC[C@H](C)C2)c1=O. The molecule has 1 saturated carbocycles. The zero-order chi connectivity index (χ0) is 11.5. The Morgan fingerprint density at radius 3 is 2.94 bits per heavy atom. The standard InChI is InChI=1S/C13H20N2O/c1-10-5-3-6-11(9-10)15-8-4-7-12(14-2)13(15)16/h4,7-8,10-11,14H,3,5-6,9H2,1-2H3/t10-,11+/m0/s1. The second-order valence-corrected chi connectivity index (χ2v) is 4.81. The summed E-state index contributed by atoms with van der Waals surface area (Å²) in [6, 6.07) is 4.18. The highest BCUT2D eigenvalue weighted by Gasteiger charge is 2.21. The van der Waals surface area contributed by atoms with Gasteiger partial charge < -0.3 is 9.88 Å². The molecule has 1 aliphatic rings. The van der Waals surface area contributed by atoms with Gasteiger partial charge in [-0.15, -0.1) is 0 Å². The predicted octanol–water partition coefficient (Wildman–Crippen LogP) is 2.64. The summed E-state index contributed by atoms with van der Waals surface area (Å²) in [6.07, 6.45) is 6.73. The lowest BCUT2D eigenvalue weighted by Crippen LogP contribution is -2.28. The average Bonchev–Trinajstić information content (AvgIpc) is 2.29. The molecule has 0 saturated heterocycles. The van der Waals surface area contributed by atoms with Gasteiger partial charge >= 0.3 is 0 Å².